The van der Waals surface area contributed by atoms with Crippen LogP contribution in [0.5, 0.6) is 0 Å². The van der Waals surface area contributed by atoms with E-state index in [9.17, 15) is 0 Å². The summed E-state index contributed by atoms with van der Waals surface area (Å²) in [5, 5.41) is 7.31. The molecular formula is C115H73N23O6. The van der Waals surface area contributed by atoms with Crippen molar-refractivity contribution in [3.63, 3.8) is 0 Å². The average Bonchev–Trinajstić information content (AvgIpc) is 1.56. The fourth-order valence-corrected chi connectivity index (χ4v) is 22.3. The molecule has 0 fully saturated rings. The van der Waals surface area contributed by atoms with Gasteiger partial charge in [0.25, 0.3) is 0 Å². The number of rotatable bonds is 0. The van der Waals surface area contributed by atoms with Crippen LogP contribution in [0.2, 0.25) is 0 Å². The molecule has 29 heteroatoms. The lowest BCUT2D eigenvalue weighted by Crippen LogP contribution is -1.87. The van der Waals surface area contributed by atoms with E-state index in [1.807, 2.05) is 157 Å². The second-order valence-corrected chi connectivity index (χ2v) is 36.5. The summed E-state index contributed by atoms with van der Waals surface area (Å²) in [6.07, 6.45) is 8.97. The van der Waals surface area contributed by atoms with Crippen molar-refractivity contribution >= 4 is 299 Å². The Morgan fingerprint density at radius 1 is 0.174 bits per heavy atom. The van der Waals surface area contributed by atoms with Crippen molar-refractivity contribution in [3.8, 4) is 0 Å². The molecule has 0 saturated heterocycles. The van der Waals surface area contributed by atoms with Gasteiger partial charge in [-0.2, -0.15) is 0 Å². The number of para-hydroxylation sites is 13. The molecule has 23 aromatic heterocycles. The van der Waals surface area contributed by atoms with Crippen LogP contribution in [0.1, 0.15) is 0 Å². The highest BCUT2D eigenvalue weighted by Crippen LogP contribution is 2.44. The van der Waals surface area contributed by atoms with Gasteiger partial charge in [0.1, 0.15) is 72.0 Å². The lowest BCUT2D eigenvalue weighted by molar-refractivity contribution is 0.668. The van der Waals surface area contributed by atoms with Crippen LogP contribution in [0.15, 0.2) is 361 Å². The van der Waals surface area contributed by atoms with Crippen LogP contribution in [0.4, 0.5) is 0 Å². The molecule has 0 saturated carbocycles. The molecule has 0 N–H and O–H groups in total. The third-order valence-electron chi connectivity index (χ3n) is 28.8. The topological polar surface area (TPSA) is 277 Å². The van der Waals surface area contributed by atoms with Gasteiger partial charge < -0.3 is 53.9 Å². The number of benzene rings is 13. The number of hydrogen-bond donors (Lipinski definition) is 0. The summed E-state index contributed by atoms with van der Waals surface area (Å²) in [7, 11) is 12.3. The number of furan rings is 6. The van der Waals surface area contributed by atoms with Crippen LogP contribution in [0.3, 0.4) is 0 Å². The third-order valence-corrected chi connectivity index (χ3v) is 28.8. The molecular weight excluding hydrogens is 1800 g/mol. The maximum atomic E-state index is 6.22. The standard InChI is InChI=1S/C20H13N3O.5C19H12N4O/c1-22-15-7-3-4-8-16(15)23-18-14(21-20(22)23)11-10-13-12-6-2-5-9-17(12)24-19(13)18;1-22-12-5-2-3-6-13(12)23-18-11(21-19(22)23)8-9-14-16(18)17-15(24-14)7-4-10-20-17;1-22-12-5-2-3-6-13(12)23-14-9-8-11-16-15(7-4-10-20-16)24-18(11)17(14)21-19(22)23;1-22-11-5-2-3-6-12(11)23-13-8-9-14-16(17(13)21-19(22)23)18-15(24-14)7-4-10-20-18;1-22-13-5-2-3-6-14(13)23-15-9-11-17(10-12(15)21-19(22)23)24-16-7-4-8-20-18(11)16;1-22-13-5-2-3-6-14(13)23-15-10-17-11(9-12(15)21-19(22)23)18-16(24-17)7-4-8-20-18/h2-11H,1H3;5*2-10H,1H3. The highest BCUT2D eigenvalue weighted by molar-refractivity contribution is 6.21. The van der Waals surface area contributed by atoms with Crippen LogP contribution in [0, 0.1) is 0 Å². The van der Waals surface area contributed by atoms with Gasteiger partial charge in [0, 0.05) is 112 Å². The summed E-state index contributed by atoms with van der Waals surface area (Å²) in [6.45, 7) is 0. The van der Waals surface area contributed by atoms with Gasteiger partial charge in [-0.25, -0.2) is 29.9 Å². The van der Waals surface area contributed by atoms with E-state index in [0.717, 1.165) is 299 Å². The van der Waals surface area contributed by atoms with Crippen LogP contribution in [0.25, 0.3) is 299 Å². The Kier molecular flexibility index (Phi) is 16.1. The molecule has 0 atom stereocenters. The van der Waals surface area contributed by atoms with Crippen molar-refractivity contribution in [3.05, 3.63) is 334 Å². The Morgan fingerprint density at radius 2 is 0.500 bits per heavy atom. The summed E-state index contributed by atoms with van der Waals surface area (Å²) < 4.78 is 62.0. The van der Waals surface area contributed by atoms with Crippen LogP contribution < -0.4 is 0 Å². The van der Waals surface area contributed by atoms with Crippen molar-refractivity contribution in [2.45, 2.75) is 0 Å². The van der Waals surface area contributed by atoms with Crippen molar-refractivity contribution in [2.24, 2.45) is 42.3 Å². The molecule has 0 aliphatic carbocycles. The third kappa shape index (κ3) is 11.0. The van der Waals surface area contributed by atoms with Crippen LogP contribution in [-0.4, -0.2) is 109 Å². The van der Waals surface area contributed by atoms with E-state index >= 15 is 0 Å². The summed E-state index contributed by atoms with van der Waals surface area (Å²) >= 11 is 0. The average molecular weight is 1870 g/mol. The molecule has 0 amide bonds. The van der Waals surface area contributed by atoms with Gasteiger partial charge in [0.05, 0.1) is 127 Å². The van der Waals surface area contributed by atoms with Crippen molar-refractivity contribution in [1.82, 2.24) is 109 Å². The van der Waals surface area contributed by atoms with Gasteiger partial charge in [0.2, 0.25) is 34.7 Å². The Bertz CT molecular complexity index is 11800. The number of imidazole rings is 12. The lowest BCUT2D eigenvalue weighted by Gasteiger charge is -1.96. The molecule has 29 nitrogen and oxygen atoms in total. The summed E-state index contributed by atoms with van der Waals surface area (Å²) in [5.41, 5.74) is 40.1. The number of hydrogen-bond acceptors (Lipinski definition) is 17. The highest BCUT2D eigenvalue weighted by Gasteiger charge is 2.28. The van der Waals surface area contributed by atoms with Gasteiger partial charge in [-0.1, -0.05) is 91.0 Å². The van der Waals surface area contributed by atoms with E-state index in [0.29, 0.717) is 0 Å². The second kappa shape index (κ2) is 29.3. The first-order valence-corrected chi connectivity index (χ1v) is 47.2. The number of fused-ring (bicyclic) bond motifs is 52. The fourth-order valence-electron chi connectivity index (χ4n) is 22.3. The van der Waals surface area contributed by atoms with E-state index < -0.39 is 0 Å². The summed E-state index contributed by atoms with van der Waals surface area (Å²) in [6, 6.07) is 102. The molecule has 0 aliphatic heterocycles. The molecule has 0 aliphatic rings. The number of pyridine rings is 5. The largest absolute Gasteiger partial charge is 0.454 e. The molecule has 144 heavy (non-hydrogen) atoms. The van der Waals surface area contributed by atoms with Gasteiger partial charge in [0.15, 0.2) is 39.1 Å². The molecule has 13 aromatic carbocycles. The zero-order valence-corrected chi connectivity index (χ0v) is 77.5. The Balaban J connectivity index is 0.0000000788. The first-order valence-electron chi connectivity index (χ1n) is 47.2. The highest BCUT2D eigenvalue weighted by atomic mass is 16.4. The number of aromatic nitrogens is 23. The molecule has 0 spiro atoms. The zero-order chi connectivity index (χ0) is 95.0. The minimum atomic E-state index is 0.793. The fraction of sp³-hybridized carbons (Fsp3) is 0.0522. The molecule has 36 aromatic rings. The van der Waals surface area contributed by atoms with E-state index in [4.69, 9.17) is 56.4 Å². The Hall–Kier alpha value is -20.0. The maximum Gasteiger partial charge on any atom is 0.215 e. The van der Waals surface area contributed by atoms with E-state index in [1.165, 1.54) is 0 Å². The SMILES string of the molecule is Cn1c2ccccc2n2c3c(ccc4c5ccccc5oc43)nc12.Cn1c2ccccc2n2c3c(ccc4oc5cccnc5c43)nc12.Cn1c2ccccc2n2c3cc4c(cc3nc12)oc1cccnc14.Cn1c2ccccc2n2c3cc4oc5cccnc5c4cc3nc12.Cn1c2ccccc2n2c3ccc4c5ncccc5oc4c3nc12.Cn1c2ccccc2n2c3ccc4oc5cccnc5c4c3nc12. The Labute approximate surface area is 806 Å². The first-order chi connectivity index (χ1) is 70.9. The monoisotopic (exact) mass is 1870 g/mol. The van der Waals surface area contributed by atoms with E-state index in [2.05, 4.69) is 268 Å². The zero-order valence-electron chi connectivity index (χ0n) is 77.5. The minimum absolute atomic E-state index is 0.793. The second-order valence-electron chi connectivity index (χ2n) is 36.5. The summed E-state index contributed by atoms with van der Waals surface area (Å²) in [4.78, 5) is 51.6. The molecule has 0 unspecified atom stereocenters. The molecule has 0 bridgehead atoms. The van der Waals surface area contributed by atoms with Gasteiger partial charge in [-0.3, -0.25) is 51.3 Å². The van der Waals surface area contributed by atoms with Crippen molar-refractivity contribution in [1.29, 1.82) is 0 Å². The minimum Gasteiger partial charge on any atom is -0.454 e. The van der Waals surface area contributed by atoms with E-state index in [1.54, 1.807) is 31.0 Å². The van der Waals surface area contributed by atoms with Crippen LogP contribution in [-0.2, 0) is 42.3 Å². The normalized spacial score (nSPS) is 12.4. The number of nitrogens with zero attached hydrogens (tertiary/aromatic N) is 23. The molecule has 0 radical (unpaired) electrons. The van der Waals surface area contributed by atoms with Gasteiger partial charge in [-0.05, 0) is 200 Å². The molecule has 23 heterocycles. The molecule has 684 valence electrons. The predicted molar refractivity (Wildman–Crippen MR) is 568 cm³/mol. The Morgan fingerprint density at radius 3 is 1.03 bits per heavy atom. The molecule has 36 rings (SSSR count). The number of aryl methyl sites for hydroxylation is 6. The van der Waals surface area contributed by atoms with Gasteiger partial charge in [-0.15, -0.1) is 0 Å². The maximum absolute atomic E-state index is 6.22. The van der Waals surface area contributed by atoms with Crippen molar-refractivity contribution < 1.29 is 26.5 Å². The quantitative estimate of drug-likeness (QED) is 0.136. The smallest absolute Gasteiger partial charge is 0.215 e. The van der Waals surface area contributed by atoms with E-state index in [-0.39, 0.29) is 0 Å². The first kappa shape index (κ1) is 79.1. The van der Waals surface area contributed by atoms with Gasteiger partial charge >= 0.3 is 0 Å². The predicted octanol–water partition coefficient (Wildman–Crippen LogP) is 26.2. The lowest BCUT2D eigenvalue weighted by atomic mass is 10.1. The van der Waals surface area contributed by atoms with Crippen molar-refractivity contribution in [2.75, 3.05) is 0 Å². The van der Waals surface area contributed by atoms with Crippen LogP contribution >= 0.6 is 0 Å². The summed E-state index contributed by atoms with van der Waals surface area (Å²) in [5.74, 6) is 5.53.